The molecule has 0 aromatic heterocycles. The molecule has 0 aliphatic heterocycles. The highest BCUT2D eigenvalue weighted by atomic mass is 32.1. The summed E-state index contributed by atoms with van der Waals surface area (Å²) in [5.41, 5.74) is 5.40. The van der Waals surface area contributed by atoms with E-state index in [1.54, 1.807) is 50.4 Å². The van der Waals surface area contributed by atoms with Crippen molar-refractivity contribution in [2.75, 3.05) is 33.5 Å². The maximum Gasteiger partial charge on any atom is 0.338 e. The summed E-state index contributed by atoms with van der Waals surface area (Å²) in [5, 5.41) is 2.34. The summed E-state index contributed by atoms with van der Waals surface area (Å²) in [6, 6.07) is 12.8. The molecular formula is C22H25N3O7S. The molecule has 33 heavy (non-hydrogen) atoms. The lowest BCUT2D eigenvalue weighted by Crippen LogP contribution is -2.49. The van der Waals surface area contributed by atoms with E-state index in [0.717, 1.165) is 0 Å². The van der Waals surface area contributed by atoms with Crippen molar-refractivity contribution in [1.82, 2.24) is 16.2 Å². The minimum atomic E-state index is -0.538. The largest absolute Gasteiger partial charge is 0.490 e. The topological polar surface area (TPSA) is 124 Å². The van der Waals surface area contributed by atoms with Crippen LogP contribution in [0.15, 0.2) is 48.5 Å². The number of hydrazine groups is 1. The van der Waals surface area contributed by atoms with Crippen molar-refractivity contribution in [3.63, 3.8) is 0 Å². The zero-order valence-electron chi connectivity index (χ0n) is 18.2. The van der Waals surface area contributed by atoms with E-state index >= 15 is 0 Å². The predicted molar refractivity (Wildman–Crippen MR) is 123 cm³/mol. The second kappa shape index (κ2) is 13.7. The Kier molecular flexibility index (Phi) is 10.6. The van der Waals surface area contributed by atoms with Gasteiger partial charge in [0.05, 0.1) is 24.3 Å². The molecule has 0 heterocycles. The number of esters is 1. The first kappa shape index (κ1) is 25.6. The first-order valence-electron chi connectivity index (χ1n) is 9.95. The van der Waals surface area contributed by atoms with Gasteiger partial charge in [-0.2, -0.15) is 0 Å². The highest BCUT2D eigenvalue weighted by molar-refractivity contribution is 7.80. The Labute approximate surface area is 196 Å². The summed E-state index contributed by atoms with van der Waals surface area (Å²) in [6.45, 7) is 2.33. The van der Waals surface area contributed by atoms with Gasteiger partial charge in [0.2, 0.25) is 0 Å². The third-order valence-corrected chi connectivity index (χ3v) is 4.16. The summed E-state index contributed by atoms with van der Waals surface area (Å²) in [6.07, 6.45) is 0. The number of carbonyl (C=O) groups is 3. The number of rotatable bonds is 10. The van der Waals surface area contributed by atoms with Crippen LogP contribution in [0, 0.1) is 0 Å². The summed E-state index contributed by atoms with van der Waals surface area (Å²) in [4.78, 5) is 36.0. The lowest BCUT2D eigenvalue weighted by Gasteiger charge is -2.13. The number of thiocarbonyl (C=S) groups is 1. The van der Waals surface area contributed by atoms with E-state index in [1.807, 2.05) is 0 Å². The van der Waals surface area contributed by atoms with E-state index in [4.69, 9.17) is 31.2 Å². The van der Waals surface area contributed by atoms with Crippen LogP contribution in [0.3, 0.4) is 0 Å². The highest BCUT2D eigenvalue weighted by Gasteiger charge is 2.14. The fraction of sp³-hybridized carbons (Fsp3) is 0.273. The van der Waals surface area contributed by atoms with Crippen LogP contribution < -0.4 is 25.6 Å². The Hall–Kier alpha value is -3.70. The smallest absolute Gasteiger partial charge is 0.338 e. The Bertz CT molecular complexity index is 967. The van der Waals surface area contributed by atoms with Gasteiger partial charge in [-0.15, -0.1) is 0 Å². The average Bonchev–Trinajstić information content (AvgIpc) is 2.82. The molecule has 0 radical (unpaired) electrons. The molecule has 0 bridgehead atoms. The summed E-state index contributed by atoms with van der Waals surface area (Å²) in [5.74, 6) is -0.719. The molecule has 0 aliphatic carbocycles. The fourth-order valence-electron chi connectivity index (χ4n) is 2.43. The van der Waals surface area contributed by atoms with Gasteiger partial charge in [0.25, 0.3) is 11.8 Å². The molecule has 0 atom stereocenters. The number of hydrogen-bond donors (Lipinski definition) is 3. The van der Waals surface area contributed by atoms with Gasteiger partial charge in [0.15, 0.2) is 11.7 Å². The molecule has 11 heteroatoms. The van der Waals surface area contributed by atoms with Gasteiger partial charge >= 0.3 is 5.97 Å². The Morgan fingerprint density at radius 2 is 1.67 bits per heavy atom. The maximum atomic E-state index is 12.5. The van der Waals surface area contributed by atoms with Crippen LogP contribution in [0.4, 0.5) is 0 Å². The number of ether oxygens (including phenoxy) is 4. The fourth-order valence-corrected chi connectivity index (χ4v) is 2.57. The van der Waals surface area contributed by atoms with Crippen LogP contribution in [0.1, 0.15) is 27.6 Å². The molecule has 2 aromatic carbocycles. The molecule has 2 rings (SSSR count). The molecule has 2 amide bonds. The molecule has 0 saturated heterocycles. The first-order chi connectivity index (χ1) is 15.9. The molecule has 0 saturated carbocycles. The van der Waals surface area contributed by atoms with Crippen molar-refractivity contribution >= 4 is 35.1 Å². The second-order valence-electron chi connectivity index (χ2n) is 6.33. The number of carbonyl (C=O) groups excluding carboxylic acids is 3. The van der Waals surface area contributed by atoms with Gasteiger partial charge in [-0.3, -0.25) is 25.8 Å². The number of hydrogen-bond acceptors (Lipinski definition) is 8. The van der Waals surface area contributed by atoms with E-state index in [9.17, 15) is 14.4 Å². The predicted octanol–water partition coefficient (Wildman–Crippen LogP) is 1.60. The highest BCUT2D eigenvalue weighted by Crippen LogP contribution is 2.17. The minimum Gasteiger partial charge on any atom is -0.490 e. The molecule has 0 fully saturated rings. The van der Waals surface area contributed by atoms with Crippen LogP contribution in [-0.4, -0.2) is 56.4 Å². The van der Waals surface area contributed by atoms with E-state index in [-0.39, 0.29) is 30.5 Å². The number of para-hydroxylation sites is 1. The van der Waals surface area contributed by atoms with Gasteiger partial charge < -0.3 is 18.9 Å². The standard InChI is InChI=1S/C22H25N3O7S/c1-3-30-21(28)15-8-10-16(11-9-15)32-14-19(26)24-25-22(33)23-20(27)17-6-4-5-7-18(17)31-13-12-29-2/h4-11H,3,12-14H2,1-2H3,(H,24,26)(H2,23,25,27,33). The molecule has 0 spiro atoms. The van der Waals surface area contributed by atoms with Gasteiger partial charge in [0, 0.05) is 7.11 Å². The molecule has 10 nitrogen and oxygen atoms in total. The minimum absolute atomic E-state index is 0.112. The van der Waals surface area contributed by atoms with E-state index in [2.05, 4.69) is 16.2 Å². The normalized spacial score (nSPS) is 10.0. The van der Waals surface area contributed by atoms with Crippen molar-refractivity contribution in [2.24, 2.45) is 0 Å². The maximum absolute atomic E-state index is 12.5. The van der Waals surface area contributed by atoms with Crippen molar-refractivity contribution in [1.29, 1.82) is 0 Å². The lowest BCUT2D eigenvalue weighted by atomic mass is 10.2. The third kappa shape index (κ3) is 8.75. The second-order valence-corrected chi connectivity index (χ2v) is 6.74. The molecule has 0 aliphatic rings. The summed E-state index contributed by atoms with van der Waals surface area (Å²) in [7, 11) is 1.55. The molecule has 3 N–H and O–H groups in total. The van der Waals surface area contributed by atoms with Gasteiger partial charge in [0.1, 0.15) is 18.1 Å². The lowest BCUT2D eigenvalue weighted by molar-refractivity contribution is -0.123. The van der Waals surface area contributed by atoms with Crippen LogP contribution >= 0.6 is 12.2 Å². The molecular weight excluding hydrogens is 450 g/mol. The van der Waals surface area contributed by atoms with Crippen molar-refractivity contribution in [3.05, 3.63) is 59.7 Å². The first-order valence-corrected chi connectivity index (χ1v) is 10.4. The van der Waals surface area contributed by atoms with Crippen LogP contribution in [0.25, 0.3) is 0 Å². The van der Waals surface area contributed by atoms with E-state index in [1.165, 1.54) is 12.1 Å². The third-order valence-electron chi connectivity index (χ3n) is 3.95. The molecule has 176 valence electrons. The summed E-state index contributed by atoms with van der Waals surface area (Å²) >= 11 is 5.03. The Morgan fingerprint density at radius 3 is 2.36 bits per heavy atom. The Balaban J connectivity index is 1.76. The van der Waals surface area contributed by atoms with Crippen molar-refractivity contribution in [3.8, 4) is 11.5 Å². The monoisotopic (exact) mass is 475 g/mol. The Morgan fingerprint density at radius 1 is 0.939 bits per heavy atom. The zero-order chi connectivity index (χ0) is 24.1. The van der Waals surface area contributed by atoms with Crippen molar-refractivity contribution in [2.45, 2.75) is 6.92 Å². The number of benzene rings is 2. The van der Waals surface area contributed by atoms with Crippen LogP contribution in [-0.2, 0) is 14.3 Å². The van der Waals surface area contributed by atoms with Crippen molar-refractivity contribution < 1.29 is 33.3 Å². The van der Waals surface area contributed by atoms with E-state index in [0.29, 0.717) is 23.7 Å². The molecule has 0 unspecified atom stereocenters. The van der Waals surface area contributed by atoms with Gasteiger partial charge in [-0.1, -0.05) is 12.1 Å². The number of nitrogens with one attached hydrogen (secondary N) is 3. The van der Waals surface area contributed by atoms with E-state index < -0.39 is 17.8 Å². The zero-order valence-corrected chi connectivity index (χ0v) is 19.0. The van der Waals surface area contributed by atoms with Crippen LogP contribution in [0.5, 0.6) is 11.5 Å². The number of amides is 2. The van der Waals surface area contributed by atoms with Gasteiger partial charge in [-0.05, 0) is 55.5 Å². The summed E-state index contributed by atoms with van der Waals surface area (Å²) < 4.78 is 20.7. The van der Waals surface area contributed by atoms with Crippen LogP contribution in [0.2, 0.25) is 0 Å². The number of methoxy groups -OCH3 is 1. The average molecular weight is 476 g/mol. The molecule has 2 aromatic rings. The van der Waals surface area contributed by atoms with Gasteiger partial charge in [-0.25, -0.2) is 4.79 Å². The SMILES string of the molecule is CCOC(=O)c1ccc(OCC(=O)NNC(=S)NC(=O)c2ccccc2OCCOC)cc1. The quantitative estimate of drug-likeness (QED) is 0.203.